The maximum atomic E-state index is 12.6. The van der Waals surface area contributed by atoms with E-state index in [2.05, 4.69) is 22.0 Å². The fourth-order valence-corrected chi connectivity index (χ4v) is 3.06. The topological polar surface area (TPSA) is 123 Å². The summed E-state index contributed by atoms with van der Waals surface area (Å²) in [4.78, 5) is 33.5. The van der Waals surface area contributed by atoms with Gasteiger partial charge in [-0.1, -0.05) is 46.2 Å². The molecule has 28 heavy (non-hydrogen) atoms. The summed E-state index contributed by atoms with van der Waals surface area (Å²) in [6, 6.07) is 0. The monoisotopic (exact) mass is 392 g/mol. The van der Waals surface area contributed by atoms with Gasteiger partial charge >= 0.3 is 5.69 Å². The Kier molecular flexibility index (Phi) is 7.42. The second-order valence-corrected chi connectivity index (χ2v) is 7.98. The van der Waals surface area contributed by atoms with Crippen molar-refractivity contribution in [2.45, 2.75) is 67.0 Å². The number of unbranched alkanes of at least 4 members (excludes halogenated alkanes) is 1. The van der Waals surface area contributed by atoms with E-state index in [0.29, 0.717) is 24.8 Å². The van der Waals surface area contributed by atoms with Crippen molar-refractivity contribution < 1.29 is 4.52 Å². The minimum Gasteiger partial charge on any atom is -0.383 e. The number of anilines is 2. The molecule has 2 heterocycles. The molecule has 0 fully saturated rings. The van der Waals surface area contributed by atoms with Gasteiger partial charge in [0.25, 0.3) is 5.56 Å². The number of aromatic amines is 1. The molecule has 2 aromatic rings. The zero-order valence-electron chi connectivity index (χ0n) is 17.5. The average molecular weight is 393 g/mol. The average Bonchev–Trinajstić information content (AvgIpc) is 3.03. The Labute approximate surface area is 164 Å². The van der Waals surface area contributed by atoms with Crippen LogP contribution in [0.15, 0.2) is 14.1 Å². The van der Waals surface area contributed by atoms with Crippen LogP contribution < -0.4 is 21.9 Å². The van der Waals surface area contributed by atoms with Gasteiger partial charge in [0.2, 0.25) is 5.89 Å². The summed E-state index contributed by atoms with van der Waals surface area (Å²) in [6.45, 7) is 11.4. The van der Waals surface area contributed by atoms with E-state index in [1.807, 2.05) is 32.6 Å². The van der Waals surface area contributed by atoms with Gasteiger partial charge in [-0.25, -0.2) is 4.79 Å². The maximum absolute atomic E-state index is 12.6. The van der Waals surface area contributed by atoms with E-state index in [1.165, 1.54) is 4.57 Å². The van der Waals surface area contributed by atoms with Gasteiger partial charge in [-0.3, -0.25) is 14.3 Å². The van der Waals surface area contributed by atoms with Crippen LogP contribution in [-0.4, -0.2) is 26.2 Å². The Morgan fingerprint density at radius 1 is 1.21 bits per heavy atom. The van der Waals surface area contributed by atoms with Gasteiger partial charge in [-0.15, -0.1) is 0 Å². The second kappa shape index (κ2) is 9.57. The van der Waals surface area contributed by atoms with E-state index >= 15 is 0 Å². The molecule has 0 atom stereocenters. The molecule has 0 aromatic carbocycles. The molecule has 2 aromatic heterocycles. The molecular weight excluding hydrogens is 360 g/mol. The van der Waals surface area contributed by atoms with E-state index in [9.17, 15) is 9.59 Å². The quantitative estimate of drug-likeness (QED) is 0.635. The number of hydrogen-bond acceptors (Lipinski definition) is 7. The summed E-state index contributed by atoms with van der Waals surface area (Å²) in [5.74, 6) is 1.70. The normalized spacial score (nSPS) is 11.5. The Hall–Kier alpha value is -2.58. The molecule has 0 aliphatic rings. The molecule has 0 aliphatic carbocycles. The van der Waals surface area contributed by atoms with Crippen molar-refractivity contribution in [3.63, 3.8) is 0 Å². The summed E-state index contributed by atoms with van der Waals surface area (Å²) >= 11 is 0. The molecular formula is C19H32N6O3. The lowest BCUT2D eigenvalue weighted by molar-refractivity contribution is 0.368. The van der Waals surface area contributed by atoms with Crippen LogP contribution in [0.1, 0.15) is 59.2 Å². The molecule has 0 radical (unpaired) electrons. The minimum atomic E-state index is -0.506. The first-order valence-corrected chi connectivity index (χ1v) is 9.91. The van der Waals surface area contributed by atoms with Gasteiger partial charge in [-0.2, -0.15) is 4.98 Å². The predicted octanol–water partition coefficient (Wildman–Crippen LogP) is 2.16. The smallest absolute Gasteiger partial charge is 0.330 e. The molecule has 9 nitrogen and oxygen atoms in total. The first-order valence-electron chi connectivity index (χ1n) is 9.91. The fraction of sp³-hybridized carbons (Fsp3) is 0.684. The van der Waals surface area contributed by atoms with E-state index in [0.717, 1.165) is 19.3 Å². The molecule has 0 bridgehead atoms. The van der Waals surface area contributed by atoms with Crippen LogP contribution in [0.25, 0.3) is 0 Å². The highest BCUT2D eigenvalue weighted by atomic mass is 16.5. The van der Waals surface area contributed by atoms with Crippen molar-refractivity contribution in [3.8, 4) is 0 Å². The summed E-state index contributed by atoms with van der Waals surface area (Å²) < 4.78 is 6.78. The van der Waals surface area contributed by atoms with Gasteiger partial charge in [0.05, 0.1) is 6.54 Å². The van der Waals surface area contributed by atoms with Crippen LogP contribution in [0.2, 0.25) is 0 Å². The molecule has 9 heteroatoms. The standard InChI is InChI=1S/C19H32N6O3/c1-6-7-8-14-21-15(28-23-14)11-24(9-12(2)3)16-17(20)25(10-13(4)5)19(27)22-18(16)26/h12-13H,6-11,20H2,1-5H3,(H,22,26,27). The van der Waals surface area contributed by atoms with Crippen LogP contribution in [0.3, 0.4) is 0 Å². The van der Waals surface area contributed by atoms with Crippen molar-refractivity contribution in [1.29, 1.82) is 0 Å². The van der Waals surface area contributed by atoms with Crippen LogP contribution in [0.4, 0.5) is 11.5 Å². The van der Waals surface area contributed by atoms with Gasteiger partial charge in [0.1, 0.15) is 11.5 Å². The third-order valence-corrected chi connectivity index (χ3v) is 4.25. The molecule has 0 spiro atoms. The summed E-state index contributed by atoms with van der Waals surface area (Å²) in [6.07, 6.45) is 2.79. The Bertz CT molecular complexity index is 881. The number of aryl methyl sites for hydroxylation is 1. The predicted molar refractivity (Wildman–Crippen MR) is 109 cm³/mol. The number of H-pyrrole nitrogens is 1. The van der Waals surface area contributed by atoms with E-state index in [1.54, 1.807) is 0 Å². The highest BCUT2D eigenvalue weighted by molar-refractivity contribution is 5.62. The summed E-state index contributed by atoms with van der Waals surface area (Å²) in [5, 5.41) is 4.01. The third kappa shape index (κ3) is 5.46. The fourth-order valence-electron chi connectivity index (χ4n) is 3.06. The molecule has 0 aliphatic heterocycles. The van der Waals surface area contributed by atoms with Crippen LogP contribution in [0.5, 0.6) is 0 Å². The lowest BCUT2D eigenvalue weighted by Gasteiger charge is -2.26. The zero-order chi connectivity index (χ0) is 20.8. The van der Waals surface area contributed by atoms with Crippen molar-refractivity contribution in [2.24, 2.45) is 11.8 Å². The number of nitrogens with zero attached hydrogens (tertiary/aromatic N) is 4. The lowest BCUT2D eigenvalue weighted by Crippen LogP contribution is -2.40. The van der Waals surface area contributed by atoms with Crippen LogP contribution in [0, 0.1) is 11.8 Å². The van der Waals surface area contributed by atoms with Crippen molar-refractivity contribution in [1.82, 2.24) is 19.7 Å². The second-order valence-electron chi connectivity index (χ2n) is 7.98. The number of aromatic nitrogens is 4. The van der Waals surface area contributed by atoms with Gasteiger partial charge in [-0.05, 0) is 18.3 Å². The Morgan fingerprint density at radius 2 is 1.93 bits per heavy atom. The zero-order valence-corrected chi connectivity index (χ0v) is 17.5. The number of nitrogens with two attached hydrogens (primary N) is 1. The molecule has 2 rings (SSSR count). The number of nitrogens with one attached hydrogen (secondary N) is 1. The van der Waals surface area contributed by atoms with Crippen molar-refractivity contribution in [2.75, 3.05) is 17.2 Å². The van der Waals surface area contributed by atoms with Crippen molar-refractivity contribution in [3.05, 3.63) is 32.6 Å². The molecule has 156 valence electrons. The summed E-state index contributed by atoms with van der Waals surface area (Å²) in [5.41, 5.74) is 5.53. The number of hydrogen-bond donors (Lipinski definition) is 2. The number of nitrogen functional groups attached to an aromatic ring is 1. The van der Waals surface area contributed by atoms with Crippen molar-refractivity contribution >= 4 is 11.5 Å². The van der Waals surface area contributed by atoms with E-state index in [-0.39, 0.29) is 29.9 Å². The Morgan fingerprint density at radius 3 is 2.54 bits per heavy atom. The van der Waals surface area contributed by atoms with Gasteiger partial charge in [0, 0.05) is 19.5 Å². The summed E-state index contributed by atoms with van der Waals surface area (Å²) in [7, 11) is 0. The first kappa shape index (κ1) is 21.7. The van der Waals surface area contributed by atoms with Gasteiger partial charge in [0.15, 0.2) is 5.82 Å². The maximum Gasteiger partial charge on any atom is 0.330 e. The van der Waals surface area contributed by atoms with E-state index < -0.39 is 11.2 Å². The Balaban J connectivity index is 2.41. The first-order chi connectivity index (χ1) is 13.2. The highest BCUT2D eigenvalue weighted by Gasteiger charge is 2.22. The van der Waals surface area contributed by atoms with Crippen LogP contribution in [-0.2, 0) is 19.5 Å². The molecule has 0 saturated carbocycles. The van der Waals surface area contributed by atoms with E-state index in [4.69, 9.17) is 10.3 Å². The largest absolute Gasteiger partial charge is 0.383 e. The number of rotatable bonds is 10. The van der Waals surface area contributed by atoms with Gasteiger partial charge < -0.3 is 15.2 Å². The lowest BCUT2D eigenvalue weighted by atomic mass is 10.2. The molecule has 3 N–H and O–H groups in total. The van der Waals surface area contributed by atoms with Crippen LogP contribution >= 0.6 is 0 Å². The molecule has 0 saturated heterocycles. The third-order valence-electron chi connectivity index (χ3n) is 4.25. The SMILES string of the molecule is CCCCc1noc(CN(CC(C)C)c2c(N)n(CC(C)C)c(=O)[nH]c2=O)n1. The molecule has 0 amide bonds. The molecule has 0 unspecified atom stereocenters. The highest BCUT2D eigenvalue weighted by Crippen LogP contribution is 2.21. The minimum absolute atomic E-state index is 0.161.